The van der Waals surface area contributed by atoms with Gasteiger partial charge in [-0.25, -0.2) is 0 Å². The Balaban J connectivity index is 1.60. The van der Waals surface area contributed by atoms with E-state index in [1.807, 2.05) is 20.8 Å². The van der Waals surface area contributed by atoms with E-state index in [0.29, 0.717) is 6.61 Å². The molecule has 2 saturated heterocycles. The van der Waals surface area contributed by atoms with Gasteiger partial charge < -0.3 is 19.5 Å². The molecular weight excluding hydrogens is 280 g/mol. The largest absolute Gasteiger partial charge is 0.389 e. The highest BCUT2D eigenvalue weighted by Gasteiger charge is 2.24. The Labute approximate surface area is 135 Å². The van der Waals surface area contributed by atoms with Crippen LogP contribution in [0.2, 0.25) is 0 Å². The summed E-state index contributed by atoms with van der Waals surface area (Å²) in [6.45, 7) is 14.6. The molecule has 0 aromatic carbocycles. The summed E-state index contributed by atoms with van der Waals surface area (Å²) in [5, 5.41) is 10.1. The number of hydrogen-bond donors (Lipinski definition) is 1. The minimum atomic E-state index is -0.380. The second-order valence-electron chi connectivity index (χ2n) is 7.73. The molecule has 22 heavy (non-hydrogen) atoms. The summed E-state index contributed by atoms with van der Waals surface area (Å²) in [5.41, 5.74) is -0.174. The number of likely N-dealkylation sites (tertiary alicyclic amines) is 1. The Morgan fingerprint density at radius 3 is 2.32 bits per heavy atom. The molecule has 1 N–H and O–H groups in total. The number of piperidine rings is 1. The van der Waals surface area contributed by atoms with Gasteiger partial charge in [-0.05, 0) is 52.6 Å². The maximum absolute atomic E-state index is 10.1. The lowest BCUT2D eigenvalue weighted by atomic mass is 9.96. The molecule has 0 bridgehead atoms. The van der Waals surface area contributed by atoms with Crippen LogP contribution < -0.4 is 0 Å². The van der Waals surface area contributed by atoms with Crippen molar-refractivity contribution < 1.29 is 14.6 Å². The fourth-order valence-electron chi connectivity index (χ4n) is 3.20. The van der Waals surface area contributed by atoms with Gasteiger partial charge in [0.25, 0.3) is 0 Å². The summed E-state index contributed by atoms with van der Waals surface area (Å²) in [4.78, 5) is 4.92. The predicted octanol–water partition coefficient (Wildman–Crippen LogP) is 1.21. The van der Waals surface area contributed by atoms with Crippen LogP contribution in [-0.2, 0) is 9.47 Å². The summed E-state index contributed by atoms with van der Waals surface area (Å²) in [6.07, 6.45) is 2.10. The van der Waals surface area contributed by atoms with E-state index in [9.17, 15) is 5.11 Å². The van der Waals surface area contributed by atoms with Crippen LogP contribution in [0.4, 0.5) is 0 Å². The van der Waals surface area contributed by atoms with Crippen molar-refractivity contribution in [1.29, 1.82) is 0 Å². The van der Waals surface area contributed by atoms with E-state index in [1.165, 1.54) is 19.4 Å². The highest BCUT2D eigenvalue weighted by Crippen LogP contribution is 2.19. The minimum Gasteiger partial charge on any atom is -0.389 e. The third-order valence-corrected chi connectivity index (χ3v) is 4.50. The molecule has 5 heteroatoms. The van der Waals surface area contributed by atoms with E-state index in [2.05, 4.69) is 9.80 Å². The van der Waals surface area contributed by atoms with Gasteiger partial charge in [0.1, 0.15) is 0 Å². The smallest absolute Gasteiger partial charge is 0.0900 e. The van der Waals surface area contributed by atoms with E-state index in [1.54, 1.807) is 0 Å². The molecule has 2 heterocycles. The van der Waals surface area contributed by atoms with Crippen LogP contribution in [0.1, 0.15) is 33.6 Å². The molecule has 1 unspecified atom stereocenters. The van der Waals surface area contributed by atoms with Gasteiger partial charge in [0.2, 0.25) is 0 Å². The minimum absolute atomic E-state index is 0.174. The lowest BCUT2D eigenvalue weighted by Gasteiger charge is -2.36. The Hall–Kier alpha value is -0.200. The second kappa shape index (κ2) is 8.60. The molecule has 2 fully saturated rings. The van der Waals surface area contributed by atoms with Crippen LogP contribution in [0, 0.1) is 5.92 Å². The van der Waals surface area contributed by atoms with Gasteiger partial charge in [-0.1, -0.05) is 0 Å². The number of β-amino-alcohol motifs (C(OH)–C–C–N with tert-alkyl or cyclic N) is 1. The number of morpholine rings is 1. The predicted molar refractivity (Wildman–Crippen MR) is 88.1 cm³/mol. The topological polar surface area (TPSA) is 45.2 Å². The number of ether oxygens (including phenoxy) is 2. The summed E-state index contributed by atoms with van der Waals surface area (Å²) in [7, 11) is 0. The molecule has 0 amide bonds. The molecule has 0 aliphatic carbocycles. The van der Waals surface area contributed by atoms with Gasteiger partial charge in [0.15, 0.2) is 0 Å². The molecule has 2 rings (SSSR count). The Kier molecular flexibility index (Phi) is 7.09. The van der Waals surface area contributed by atoms with Crippen LogP contribution in [0.5, 0.6) is 0 Å². The first-order chi connectivity index (χ1) is 10.4. The molecule has 0 saturated carbocycles. The normalized spacial score (nSPS) is 24.5. The molecule has 0 aromatic rings. The van der Waals surface area contributed by atoms with Crippen molar-refractivity contribution in [2.45, 2.75) is 45.3 Å². The maximum Gasteiger partial charge on any atom is 0.0900 e. The maximum atomic E-state index is 10.1. The lowest BCUT2D eigenvalue weighted by Crippen LogP contribution is -2.45. The zero-order valence-corrected chi connectivity index (χ0v) is 14.6. The van der Waals surface area contributed by atoms with Crippen LogP contribution in [0.3, 0.4) is 0 Å². The van der Waals surface area contributed by atoms with Gasteiger partial charge in [-0.2, -0.15) is 0 Å². The molecule has 1 atom stereocenters. The lowest BCUT2D eigenvalue weighted by molar-refractivity contribution is -0.0583. The fraction of sp³-hybridized carbons (Fsp3) is 1.00. The Morgan fingerprint density at radius 1 is 1.09 bits per heavy atom. The highest BCUT2D eigenvalue weighted by molar-refractivity contribution is 4.77. The van der Waals surface area contributed by atoms with E-state index < -0.39 is 0 Å². The van der Waals surface area contributed by atoms with Crippen molar-refractivity contribution in [2.75, 3.05) is 59.1 Å². The Bertz CT molecular complexity index is 306. The Morgan fingerprint density at radius 2 is 1.73 bits per heavy atom. The molecule has 2 aliphatic rings. The standard InChI is InChI=1S/C17H34N2O3/c1-17(2,3)22-14-16(20)13-18-6-4-15(5-7-18)12-19-8-10-21-11-9-19/h15-16,20H,4-14H2,1-3H3. The van der Waals surface area contributed by atoms with Gasteiger partial charge in [0, 0.05) is 26.2 Å². The second-order valence-corrected chi connectivity index (χ2v) is 7.73. The van der Waals surface area contributed by atoms with Crippen molar-refractivity contribution in [1.82, 2.24) is 9.80 Å². The van der Waals surface area contributed by atoms with Crippen molar-refractivity contribution in [3.63, 3.8) is 0 Å². The molecule has 0 radical (unpaired) electrons. The zero-order valence-electron chi connectivity index (χ0n) is 14.6. The number of rotatable bonds is 6. The molecule has 5 nitrogen and oxygen atoms in total. The third kappa shape index (κ3) is 6.92. The average Bonchev–Trinajstić information content (AvgIpc) is 2.48. The highest BCUT2D eigenvalue weighted by atomic mass is 16.5. The fourth-order valence-corrected chi connectivity index (χ4v) is 3.20. The van der Waals surface area contributed by atoms with Crippen molar-refractivity contribution >= 4 is 0 Å². The van der Waals surface area contributed by atoms with Crippen LogP contribution >= 0.6 is 0 Å². The molecule has 2 aliphatic heterocycles. The number of nitrogens with zero attached hydrogens (tertiary/aromatic N) is 2. The summed E-state index contributed by atoms with van der Waals surface area (Å²) < 4.78 is 11.1. The van der Waals surface area contributed by atoms with Gasteiger partial charge in [-0.15, -0.1) is 0 Å². The van der Waals surface area contributed by atoms with Crippen molar-refractivity contribution in [2.24, 2.45) is 5.92 Å². The molecule has 0 aromatic heterocycles. The summed E-state index contributed by atoms with van der Waals surface area (Å²) in [5.74, 6) is 0.803. The van der Waals surface area contributed by atoms with E-state index >= 15 is 0 Å². The first kappa shape index (κ1) is 18.1. The number of aliphatic hydroxyl groups excluding tert-OH is 1. The summed E-state index contributed by atoms with van der Waals surface area (Å²) >= 11 is 0. The van der Waals surface area contributed by atoms with Gasteiger partial charge in [-0.3, -0.25) is 4.90 Å². The molecular formula is C17H34N2O3. The van der Waals surface area contributed by atoms with Crippen LogP contribution in [-0.4, -0.2) is 85.7 Å². The average molecular weight is 314 g/mol. The third-order valence-electron chi connectivity index (χ3n) is 4.50. The van der Waals surface area contributed by atoms with Crippen molar-refractivity contribution in [3.8, 4) is 0 Å². The first-order valence-corrected chi connectivity index (χ1v) is 8.77. The van der Waals surface area contributed by atoms with E-state index in [-0.39, 0.29) is 11.7 Å². The first-order valence-electron chi connectivity index (χ1n) is 8.77. The van der Waals surface area contributed by atoms with Crippen LogP contribution in [0.25, 0.3) is 0 Å². The number of hydrogen-bond acceptors (Lipinski definition) is 5. The molecule has 0 spiro atoms. The zero-order chi connectivity index (χ0) is 16.0. The SMILES string of the molecule is CC(C)(C)OCC(O)CN1CCC(CN2CCOCC2)CC1. The van der Waals surface area contributed by atoms with Gasteiger partial charge in [0.05, 0.1) is 31.5 Å². The van der Waals surface area contributed by atoms with Crippen LogP contribution in [0.15, 0.2) is 0 Å². The summed E-state index contributed by atoms with van der Waals surface area (Å²) in [6, 6.07) is 0. The van der Waals surface area contributed by atoms with Crippen molar-refractivity contribution in [3.05, 3.63) is 0 Å². The number of aliphatic hydroxyl groups is 1. The van der Waals surface area contributed by atoms with E-state index in [4.69, 9.17) is 9.47 Å². The monoisotopic (exact) mass is 314 g/mol. The van der Waals surface area contributed by atoms with E-state index in [0.717, 1.165) is 51.9 Å². The quantitative estimate of drug-likeness (QED) is 0.798. The molecule has 130 valence electrons. The van der Waals surface area contributed by atoms with Gasteiger partial charge >= 0.3 is 0 Å².